The number of nitrogens with zero attached hydrogens (tertiary/aromatic N) is 1. The van der Waals surface area contributed by atoms with Crippen molar-refractivity contribution in [2.75, 3.05) is 19.7 Å². The van der Waals surface area contributed by atoms with Crippen LogP contribution in [0.4, 0.5) is 4.39 Å². The molecule has 1 aliphatic rings. The molecule has 2 atom stereocenters. The summed E-state index contributed by atoms with van der Waals surface area (Å²) in [7, 11) is 0. The van der Waals surface area contributed by atoms with E-state index in [-0.39, 0.29) is 18.1 Å². The molecule has 1 heterocycles. The van der Waals surface area contributed by atoms with Gasteiger partial charge in [0.2, 0.25) is 0 Å². The Bertz CT molecular complexity index is 167. The highest BCUT2D eigenvalue weighted by atomic mass is 19.1. The highest BCUT2D eigenvalue weighted by molar-refractivity contribution is 4.86. The number of likely N-dealkylation sites (tertiary alicyclic amines) is 1. The van der Waals surface area contributed by atoms with Crippen molar-refractivity contribution in [3.8, 4) is 0 Å². The lowest BCUT2D eigenvalue weighted by Gasteiger charge is -2.42. The second kappa shape index (κ2) is 3.93. The van der Waals surface area contributed by atoms with Crippen molar-refractivity contribution in [1.82, 2.24) is 4.90 Å². The fourth-order valence-corrected chi connectivity index (χ4v) is 1.77. The van der Waals surface area contributed by atoms with Gasteiger partial charge in [-0.15, -0.1) is 0 Å². The van der Waals surface area contributed by atoms with Crippen LogP contribution in [0, 0.1) is 5.92 Å². The monoisotopic (exact) mass is 189 g/mol. The van der Waals surface area contributed by atoms with Gasteiger partial charge in [-0.1, -0.05) is 0 Å². The van der Waals surface area contributed by atoms with E-state index in [2.05, 4.69) is 25.7 Å². The number of alkyl halides is 1. The van der Waals surface area contributed by atoms with Gasteiger partial charge >= 0.3 is 0 Å². The maximum Gasteiger partial charge on any atom is 0.118 e. The highest BCUT2D eigenvalue weighted by Gasteiger charge is 2.33. The summed E-state index contributed by atoms with van der Waals surface area (Å²) in [4.78, 5) is 2.14. The standard InChI is InChI=1S/C10H20FNO/c1-10(2,3)12-5-4-8(7-13)9(11)6-12/h8-9,13H,4-7H2,1-3H3/t8-,9+/m0/s1. The average Bonchev–Trinajstić information content (AvgIpc) is 2.02. The first kappa shape index (κ1) is 10.9. The molecule has 1 aliphatic heterocycles. The summed E-state index contributed by atoms with van der Waals surface area (Å²) >= 11 is 0. The molecule has 0 aromatic rings. The van der Waals surface area contributed by atoms with Gasteiger partial charge in [0.15, 0.2) is 0 Å². The van der Waals surface area contributed by atoms with Crippen molar-refractivity contribution >= 4 is 0 Å². The Balaban J connectivity index is 2.51. The van der Waals surface area contributed by atoms with E-state index in [9.17, 15) is 4.39 Å². The maximum atomic E-state index is 13.4. The Labute approximate surface area is 79.7 Å². The van der Waals surface area contributed by atoms with Crippen LogP contribution in [0.5, 0.6) is 0 Å². The molecule has 1 N–H and O–H groups in total. The third-order valence-electron chi connectivity index (χ3n) is 2.86. The third kappa shape index (κ3) is 2.64. The average molecular weight is 189 g/mol. The molecular formula is C10H20FNO. The topological polar surface area (TPSA) is 23.5 Å². The molecule has 0 aliphatic carbocycles. The van der Waals surface area contributed by atoms with Crippen LogP contribution >= 0.6 is 0 Å². The van der Waals surface area contributed by atoms with E-state index >= 15 is 0 Å². The van der Waals surface area contributed by atoms with E-state index in [1.54, 1.807) is 0 Å². The van der Waals surface area contributed by atoms with Crippen LogP contribution in [-0.2, 0) is 0 Å². The van der Waals surface area contributed by atoms with Crippen molar-refractivity contribution in [3.05, 3.63) is 0 Å². The minimum Gasteiger partial charge on any atom is -0.396 e. The molecule has 0 saturated carbocycles. The zero-order valence-electron chi connectivity index (χ0n) is 8.76. The summed E-state index contributed by atoms with van der Waals surface area (Å²) in [5.41, 5.74) is 0.0464. The van der Waals surface area contributed by atoms with Crippen LogP contribution in [0.15, 0.2) is 0 Å². The number of aliphatic hydroxyl groups excluding tert-OH is 1. The minimum absolute atomic E-state index is 0.0147. The van der Waals surface area contributed by atoms with Gasteiger partial charge in [-0.3, -0.25) is 4.90 Å². The largest absolute Gasteiger partial charge is 0.396 e. The van der Waals surface area contributed by atoms with Gasteiger partial charge in [0.05, 0.1) is 0 Å². The molecule has 1 fully saturated rings. The molecule has 1 saturated heterocycles. The Hall–Kier alpha value is -0.150. The van der Waals surface area contributed by atoms with Crippen LogP contribution in [0.3, 0.4) is 0 Å². The molecule has 1 rings (SSSR count). The van der Waals surface area contributed by atoms with Crippen molar-refractivity contribution < 1.29 is 9.50 Å². The molecule has 3 heteroatoms. The van der Waals surface area contributed by atoms with Crippen molar-refractivity contribution in [1.29, 1.82) is 0 Å². The van der Waals surface area contributed by atoms with Crippen molar-refractivity contribution in [3.63, 3.8) is 0 Å². The lowest BCUT2D eigenvalue weighted by atomic mass is 9.92. The van der Waals surface area contributed by atoms with Gasteiger partial charge < -0.3 is 5.11 Å². The van der Waals surface area contributed by atoms with Gasteiger partial charge in [-0.05, 0) is 33.7 Å². The number of rotatable bonds is 1. The van der Waals surface area contributed by atoms with E-state index in [1.165, 1.54) is 0 Å². The third-order valence-corrected chi connectivity index (χ3v) is 2.86. The number of aliphatic hydroxyl groups is 1. The molecular weight excluding hydrogens is 169 g/mol. The molecule has 0 radical (unpaired) electrons. The van der Waals surface area contributed by atoms with Crippen molar-refractivity contribution in [2.24, 2.45) is 5.92 Å². The van der Waals surface area contributed by atoms with Gasteiger partial charge in [-0.2, -0.15) is 0 Å². The summed E-state index contributed by atoms with van der Waals surface area (Å²) in [6.07, 6.45) is -0.0902. The van der Waals surface area contributed by atoms with E-state index in [1.807, 2.05) is 0 Å². The smallest absolute Gasteiger partial charge is 0.118 e. The fraction of sp³-hybridized carbons (Fsp3) is 1.00. The molecule has 0 amide bonds. The SMILES string of the molecule is CC(C)(C)N1CC[C@@H](CO)[C@H](F)C1. The molecule has 2 nitrogen and oxygen atoms in total. The first-order valence-electron chi connectivity index (χ1n) is 4.95. The van der Waals surface area contributed by atoms with Crippen LogP contribution in [0.2, 0.25) is 0 Å². The van der Waals surface area contributed by atoms with Crippen LogP contribution in [0.25, 0.3) is 0 Å². The van der Waals surface area contributed by atoms with Crippen LogP contribution in [0.1, 0.15) is 27.2 Å². The molecule has 78 valence electrons. The van der Waals surface area contributed by atoms with Crippen LogP contribution in [-0.4, -0.2) is 41.4 Å². The molecule has 0 unspecified atom stereocenters. The van der Waals surface area contributed by atoms with Gasteiger partial charge in [0, 0.05) is 24.6 Å². The predicted octanol–water partition coefficient (Wildman–Crippen LogP) is 1.44. The van der Waals surface area contributed by atoms with E-state index in [4.69, 9.17) is 5.11 Å². The maximum absolute atomic E-state index is 13.4. The summed E-state index contributed by atoms with van der Waals surface area (Å²) in [5.74, 6) is -0.140. The number of piperidine rings is 1. The van der Waals surface area contributed by atoms with E-state index < -0.39 is 6.17 Å². The second-order valence-corrected chi connectivity index (χ2v) is 4.86. The van der Waals surface area contributed by atoms with Gasteiger partial charge in [-0.25, -0.2) is 4.39 Å². The van der Waals surface area contributed by atoms with E-state index in [0.29, 0.717) is 6.54 Å². The minimum atomic E-state index is -0.863. The molecule has 0 aromatic carbocycles. The Morgan fingerprint density at radius 2 is 2.08 bits per heavy atom. The lowest BCUT2D eigenvalue weighted by molar-refractivity contribution is 0.00864. The zero-order valence-corrected chi connectivity index (χ0v) is 8.76. The van der Waals surface area contributed by atoms with Gasteiger partial charge in [0.25, 0.3) is 0 Å². The van der Waals surface area contributed by atoms with Crippen molar-refractivity contribution in [2.45, 2.75) is 38.9 Å². The lowest BCUT2D eigenvalue weighted by Crippen LogP contribution is -2.51. The number of hydrogen-bond donors (Lipinski definition) is 1. The molecule has 0 bridgehead atoms. The zero-order chi connectivity index (χ0) is 10.1. The first-order valence-corrected chi connectivity index (χ1v) is 4.95. The van der Waals surface area contributed by atoms with E-state index in [0.717, 1.165) is 13.0 Å². The summed E-state index contributed by atoms with van der Waals surface area (Å²) in [5, 5.41) is 8.89. The number of halogens is 1. The van der Waals surface area contributed by atoms with Gasteiger partial charge in [0.1, 0.15) is 6.17 Å². The number of hydrogen-bond acceptors (Lipinski definition) is 2. The Kier molecular flexibility index (Phi) is 3.30. The summed E-state index contributed by atoms with van der Waals surface area (Å²) < 4.78 is 13.4. The summed E-state index contributed by atoms with van der Waals surface area (Å²) in [6.45, 7) is 7.64. The highest BCUT2D eigenvalue weighted by Crippen LogP contribution is 2.25. The summed E-state index contributed by atoms with van der Waals surface area (Å²) in [6, 6.07) is 0. The predicted molar refractivity (Wildman–Crippen MR) is 51.4 cm³/mol. The fourth-order valence-electron chi connectivity index (χ4n) is 1.77. The normalized spacial score (nSPS) is 32.1. The first-order chi connectivity index (χ1) is 5.95. The Morgan fingerprint density at radius 1 is 1.46 bits per heavy atom. The van der Waals surface area contributed by atoms with Crippen LogP contribution < -0.4 is 0 Å². The Morgan fingerprint density at radius 3 is 2.46 bits per heavy atom. The molecule has 0 spiro atoms. The molecule has 13 heavy (non-hydrogen) atoms. The quantitative estimate of drug-likeness (QED) is 0.674. The second-order valence-electron chi connectivity index (χ2n) is 4.86. The molecule has 0 aromatic heterocycles.